The number of rotatable bonds is 6. The van der Waals surface area contributed by atoms with Gasteiger partial charge in [-0.05, 0) is 12.1 Å². The highest BCUT2D eigenvalue weighted by molar-refractivity contribution is 7.89. The molecule has 0 bridgehead atoms. The number of primary sulfonamides is 1. The summed E-state index contributed by atoms with van der Waals surface area (Å²) in [6, 6.07) is 2.93. The van der Waals surface area contributed by atoms with E-state index in [0.717, 1.165) is 18.7 Å². The summed E-state index contributed by atoms with van der Waals surface area (Å²) in [5.74, 6) is 0.531. The first-order valence-electron chi connectivity index (χ1n) is 5.35. The molecule has 2 aromatic heterocycles. The molecule has 0 saturated heterocycles. The number of sulfonamides is 1. The van der Waals surface area contributed by atoms with Crippen LogP contribution in [0.2, 0.25) is 0 Å². The monoisotopic (exact) mass is 270 g/mol. The van der Waals surface area contributed by atoms with Gasteiger partial charge < -0.3 is 14.7 Å². The lowest BCUT2D eigenvalue weighted by atomic mass is 10.3. The zero-order valence-corrected chi connectivity index (χ0v) is 10.4. The minimum atomic E-state index is -3.76. The van der Waals surface area contributed by atoms with Gasteiger partial charge in [0, 0.05) is 24.9 Å². The molecule has 0 amide bonds. The molecule has 4 N–H and O–H groups in total. The topological polar surface area (TPSA) is 114 Å². The normalized spacial score (nSPS) is 11.8. The molecule has 0 radical (unpaired) electrons. The fraction of sp³-hybridized carbons (Fsp3) is 0.300. The molecular weight excluding hydrogens is 256 g/mol. The average Bonchev–Trinajstić information content (AvgIpc) is 2.95. The molecule has 0 fully saturated rings. The van der Waals surface area contributed by atoms with Crippen LogP contribution in [0.3, 0.4) is 0 Å². The Morgan fingerprint density at radius 1 is 1.44 bits per heavy atom. The van der Waals surface area contributed by atoms with E-state index in [1.165, 1.54) is 6.07 Å². The van der Waals surface area contributed by atoms with Gasteiger partial charge in [-0.3, -0.25) is 0 Å². The molecule has 18 heavy (non-hydrogen) atoms. The van der Waals surface area contributed by atoms with Crippen molar-refractivity contribution in [2.45, 2.75) is 18.1 Å². The van der Waals surface area contributed by atoms with Crippen LogP contribution in [0.1, 0.15) is 11.5 Å². The summed E-state index contributed by atoms with van der Waals surface area (Å²) in [5, 5.41) is 7.85. The molecule has 0 aliphatic carbocycles. The standard InChI is InChI=1S/C10H14N4O3S/c11-18(15,16)10-2-1-9(17-10)6-12-4-3-8-5-13-7-14-8/h1-2,5,7,12H,3-4,6H2,(H,13,14)(H2,11,15,16). The van der Waals surface area contributed by atoms with Crippen molar-refractivity contribution in [1.29, 1.82) is 0 Å². The van der Waals surface area contributed by atoms with Crippen molar-refractivity contribution in [3.05, 3.63) is 36.1 Å². The Labute approximate surface area is 104 Å². The van der Waals surface area contributed by atoms with Crippen LogP contribution in [0.15, 0.2) is 34.2 Å². The van der Waals surface area contributed by atoms with Crippen molar-refractivity contribution in [1.82, 2.24) is 15.3 Å². The highest BCUT2D eigenvalue weighted by Gasteiger charge is 2.12. The zero-order valence-electron chi connectivity index (χ0n) is 9.59. The molecule has 2 rings (SSSR count). The minimum absolute atomic E-state index is 0.215. The molecule has 0 spiro atoms. The Morgan fingerprint density at radius 3 is 2.89 bits per heavy atom. The number of hydrogen-bond acceptors (Lipinski definition) is 5. The molecule has 2 aromatic rings. The van der Waals surface area contributed by atoms with Gasteiger partial charge in [0.05, 0.1) is 12.9 Å². The Kier molecular flexibility index (Phi) is 3.80. The molecular formula is C10H14N4O3S. The van der Waals surface area contributed by atoms with Crippen LogP contribution in [0.5, 0.6) is 0 Å². The first-order chi connectivity index (χ1) is 8.55. The van der Waals surface area contributed by atoms with E-state index in [1.807, 2.05) is 0 Å². The smallest absolute Gasteiger partial charge is 0.271 e. The second-order valence-corrected chi connectivity index (χ2v) is 5.26. The van der Waals surface area contributed by atoms with E-state index in [9.17, 15) is 8.42 Å². The second-order valence-electron chi connectivity index (χ2n) is 3.77. The lowest BCUT2D eigenvalue weighted by Crippen LogP contribution is -2.16. The van der Waals surface area contributed by atoms with Crippen LogP contribution in [0, 0.1) is 0 Å². The van der Waals surface area contributed by atoms with Gasteiger partial charge in [0.25, 0.3) is 10.0 Å². The van der Waals surface area contributed by atoms with Crippen molar-refractivity contribution in [2.75, 3.05) is 6.54 Å². The highest BCUT2D eigenvalue weighted by Crippen LogP contribution is 2.11. The third kappa shape index (κ3) is 3.42. The molecule has 0 aromatic carbocycles. The number of furan rings is 1. The molecule has 98 valence electrons. The molecule has 0 aliphatic heterocycles. The summed E-state index contributed by atoms with van der Waals surface area (Å²) < 4.78 is 27.1. The molecule has 7 nitrogen and oxygen atoms in total. The van der Waals surface area contributed by atoms with E-state index >= 15 is 0 Å². The van der Waals surface area contributed by atoms with Crippen molar-refractivity contribution in [3.8, 4) is 0 Å². The van der Waals surface area contributed by atoms with E-state index in [0.29, 0.717) is 12.3 Å². The van der Waals surface area contributed by atoms with Crippen LogP contribution in [-0.2, 0) is 23.0 Å². The van der Waals surface area contributed by atoms with Gasteiger partial charge in [-0.2, -0.15) is 0 Å². The van der Waals surface area contributed by atoms with Crippen LogP contribution < -0.4 is 10.5 Å². The summed E-state index contributed by atoms with van der Waals surface area (Å²) >= 11 is 0. The number of nitrogens with one attached hydrogen (secondary N) is 2. The predicted molar refractivity (Wildman–Crippen MR) is 64.1 cm³/mol. The van der Waals surface area contributed by atoms with E-state index < -0.39 is 10.0 Å². The summed E-state index contributed by atoms with van der Waals surface area (Å²) in [6.07, 6.45) is 4.19. The lowest BCUT2D eigenvalue weighted by Gasteiger charge is -2.00. The van der Waals surface area contributed by atoms with Crippen molar-refractivity contribution in [2.24, 2.45) is 5.14 Å². The highest BCUT2D eigenvalue weighted by atomic mass is 32.2. The third-order valence-corrected chi connectivity index (χ3v) is 3.12. The van der Waals surface area contributed by atoms with Gasteiger partial charge in [-0.1, -0.05) is 0 Å². The van der Waals surface area contributed by atoms with Crippen LogP contribution >= 0.6 is 0 Å². The molecule has 2 heterocycles. The Balaban J connectivity index is 1.79. The zero-order chi connectivity index (χ0) is 13.0. The first kappa shape index (κ1) is 12.8. The molecule has 0 atom stereocenters. The van der Waals surface area contributed by atoms with Crippen LogP contribution in [0.25, 0.3) is 0 Å². The fourth-order valence-electron chi connectivity index (χ4n) is 1.46. The third-order valence-electron chi connectivity index (χ3n) is 2.34. The number of nitrogens with two attached hydrogens (primary N) is 1. The Morgan fingerprint density at radius 2 is 2.28 bits per heavy atom. The lowest BCUT2D eigenvalue weighted by molar-refractivity contribution is 0.403. The Bertz CT molecular complexity index is 588. The SMILES string of the molecule is NS(=O)(=O)c1ccc(CNCCc2cnc[nH]2)o1. The van der Waals surface area contributed by atoms with Gasteiger partial charge in [-0.25, -0.2) is 18.5 Å². The van der Waals surface area contributed by atoms with Gasteiger partial charge in [0.15, 0.2) is 0 Å². The number of nitrogens with zero attached hydrogens (tertiary/aromatic N) is 1. The maximum atomic E-state index is 11.0. The summed E-state index contributed by atoms with van der Waals surface area (Å²) in [4.78, 5) is 6.90. The number of hydrogen-bond donors (Lipinski definition) is 3. The van der Waals surface area contributed by atoms with E-state index in [1.54, 1.807) is 18.6 Å². The fourth-order valence-corrected chi connectivity index (χ4v) is 1.94. The predicted octanol–water partition coefficient (Wildman–Crippen LogP) is -0.0176. The van der Waals surface area contributed by atoms with E-state index in [4.69, 9.17) is 9.56 Å². The summed E-state index contributed by atoms with van der Waals surface area (Å²) in [7, 11) is -3.76. The van der Waals surface area contributed by atoms with Gasteiger partial charge in [0.1, 0.15) is 5.76 Å². The molecule has 0 unspecified atom stereocenters. The van der Waals surface area contributed by atoms with E-state index in [2.05, 4.69) is 15.3 Å². The summed E-state index contributed by atoms with van der Waals surface area (Å²) in [6.45, 7) is 1.18. The number of imidazole rings is 1. The number of aromatic amines is 1. The van der Waals surface area contributed by atoms with Crippen molar-refractivity contribution < 1.29 is 12.8 Å². The molecule has 0 saturated carbocycles. The quantitative estimate of drug-likeness (QED) is 0.638. The first-order valence-corrected chi connectivity index (χ1v) is 6.90. The summed E-state index contributed by atoms with van der Waals surface area (Å²) in [5.41, 5.74) is 1.03. The number of aromatic nitrogens is 2. The largest absolute Gasteiger partial charge is 0.447 e. The maximum absolute atomic E-state index is 11.0. The minimum Gasteiger partial charge on any atom is -0.447 e. The van der Waals surface area contributed by atoms with Gasteiger partial charge in [0.2, 0.25) is 5.09 Å². The second kappa shape index (κ2) is 5.34. The van der Waals surface area contributed by atoms with Crippen LogP contribution in [-0.4, -0.2) is 24.9 Å². The van der Waals surface area contributed by atoms with E-state index in [-0.39, 0.29) is 5.09 Å². The van der Waals surface area contributed by atoms with Crippen molar-refractivity contribution >= 4 is 10.0 Å². The maximum Gasteiger partial charge on any atom is 0.271 e. The Hall–Kier alpha value is -1.64. The van der Waals surface area contributed by atoms with Crippen LogP contribution in [0.4, 0.5) is 0 Å². The molecule has 8 heteroatoms. The molecule has 0 aliphatic rings. The van der Waals surface area contributed by atoms with Crippen molar-refractivity contribution in [3.63, 3.8) is 0 Å². The van der Waals surface area contributed by atoms with Gasteiger partial charge >= 0.3 is 0 Å². The van der Waals surface area contributed by atoms with Gasteiger partial charge in [-0.15, -0.1) is 0 Å². The number of H-pyrrole nitrogens is 1. The average molecular weight is 270 g/mol.